The average molecular weight is 999 g/mol. The van der Waals surface area contributed by atoms with Crippen LogP contribution in [0.3, 0.4) is 0 Å². The quantitative estimate of drug-likeness (QED) is 0.0321. The third-order valence-corrected chi connectivity index (χ3v) is 14.7. The van der Waals surface area contributed by atoms with Crippen molar-refractivity contribution in [3.05, 3.63) is 36.5 Å². The van der Waals surface area contributed by atoms with Crippen LogP contribution in [-0.4, -0.2) is 47.4 Å². The molecule has 2 unspecified atom stereocenters. The van der Waals surface area contributed by atoms with Gasteiger partial charge in [-0.1, -0.05) is 301 Å². The lowest BCUT2D eigenvalue weighted by atomic mass is 10.0. The Morgan fingerprint density at radius 3 is 1.10 bits per heavy atom. The van der Waals surface area contributed by atoms with E-state index in [1.54, 1.807) is 6.08 Å². The Kier molecular flexibility index (Phi) is 59.0. The van der Waals surface area contributed by atoms with Gasteiger partial charge in [0.1, 0.15) is 0 Å². The van der Waals surface area contributed by atoms with Gasteiger partial charge in [0.25, 0.3) is 0 Å². The molecule has 0 aromatic carbocycles. The van der Waals surface area contributed by atoms with Crippen LogP contribution in [0.2, 0.25) is 0 Å². The number of aliphatic hydroxyl groups is 2. The molecule has 6 nitrogen and oxygen atoms in total. The van der Waals surface area contributed by atoms with Crippen LogP contribution < -0.4 is 5.32 Å². The molecule has 0 rings (SSSR count). The smallest absolute Gasteiger partial charge is 0.305 e. The number of esters is 1. The maximum atomic E-state index is 12.5. The second-order valence-electron chi connectivity index (χ2n) is 21.7. The van der Waals surface area contributed by atoms with Crippen LogP contribution in [0.15, 0.2) is 36.5 Å². The predicted molar refractivity (Wildman–Crippen MR) is 310 cm³/mol. The second kappa shape index (κ2) is 60.6. The summed E-state index contributed by atoms with van der Waals surface area (Å²) in [6, 6.07) is -0.636. The lowest BCUT2D eigenvalue weighted by molar-refractivity contribution is -0.143. The number of ether oxygens (including phenoxy) is 1. The van der Waals surface area contributed by atoms with Crippen LogP contribution in [-0.2, 0) is 14.3 Å². The van der Waals surface area contributed by atoms with Gasteiger partial charge in [0.15, 0.2) is 0 Å². The largest absolute Gasteiger partial charge is 0.466 e. The van der Waals surface area contributed by atoms with E-state index in [1.807, 2.05) is 6.08 Å². The SMILES string of the molecule is CCCCC/C=C\C/C=C\CCCCCCCCCC(=O)OCCCCCCCCCCCCCCCCCC(=O)NC(CO)C(O)/C=C/CCCCCCCCCCCCCCCCCCCCCC. The van der Waals surface area contributed by atoms with Crippen LogP contribution in [0.4, 0.5) is 0 Å². The number of carbonyl (C=O) groups excluding carboxylic acids is 2. The Labute approximate surface area is 443 Å². The molecule has 0 aliphatic heterocycles. The van der Waals surface area contributed by atoms with Crippen molar-refractivity contribution in [2.24, 2.45) is 0 Å². The van der Waals surface area contributed by atoms with E-state index in [2.05, 4.69) is 43.5 Å². The van der Waals surface area contributed by atoms with Gasteiger partial charge < -0.3 is 20.3 Å². The van der Waals surface area contributed by atoms with Crippen LogP contribution in [0.5, 0.6) is 0 Å². The number of allylic oxidation sites excluding steroid dienone is 5. The molecule has 0 heterocycles. The van der Waals surface area contributed by atoms with Gasteiger partial charge in [0, 0.05) is 12.8 Å². The van der Waals surface area contributed by atoms with Gasteiger partial charge >= 0.3 is 5.97 Å². The minimum Gasteiger partial charge on any atom is -0.466 e. The molecule has 0 radical (unpaired) electrons. The third-order valence-electron chi connectivity index (χ3n) is 14.7. The summed E-state index contributed by atoms with van der Waals surface area (Å²) in [5, 5.41) is 23.2. The van der Waals surface area contributed by atoms with Crippen LogP contribution >= 0.6 is 0 Å². The average Bonchev–Trinajstić information content (AvgIpc) is 3.37. The monoisotopic (exact) mass is 998 g/mol. The van der Waals surface area contributed by atoms with E-state index in [-0.39, 0.29) is 18.5 Å². The minimum atomic E-state index is -0.852. The van der Waals surface area contributed by atoms with Crippen molar-refractivity contribution in [1.82, 2.24) is 5.32 Å². The van der Waals surface area contributed by atoms with E-state index < -0.39 is 12.1 Å². The lowest BCUT2D eigenvalue weighted by Crippen LogP contribution is -2.45. The summed E-state index contributed by atoms with van der Waals surface area (Å²) in [6.07, 6.45) is 76.1. The normalized spacial score (nSPS) is 12.8. The van der Waals surface area contributed by atoms with Crippen LogP contribution in [0, 0.1) is 0 Å². The van der Waals surface area contributed by atoms with Gasteiger partial charge in [-0.3, -0.25) is 9.59 Å². The van der Waals surface area contributed by atoms with Gasteiger partial charge in [0.2, 0.25) is 5.91 Å². The molecule has 71 heavy (non-hydrogen) atoms. The fourth-order valence-electron chi connectivity index (χ4n) is 9.78. The van der Waals surface area contributed by atoms with Crippen molar-refractivity contribution in [2.45, 2.75) is 353 Å². The maximum absolute atomic E-state index is 12.5. The third kappa shape index (κ3) is 57.2. The fourth-order valence-corrected chi connectivity index (χ4v) is 9.78. The summed E-state index contributed by atoms with van der Waals surface area (Å²) < 4.78 is 5.48. The van der Waals surface area contributed by atoms with Crippen molar-refractivity contribution in [2.75, 3.05) is 13.2 Å². The van der Waals surface area contributed by atoms with E-state index in [4.69, 9.17) is 4.74 Å². The molecule has 2 atom stereocenters. The summed E-state index contributed by atoms with van der Waals surface area (Å²) in [6.45, 7) is 4.88. The molecule has 0 aromatic heterocycles. The summed E-state index contributed by atoms with van der Waals surface area (Å²) >= 11 is 0. The first-order valence-electron chi connectivity index (χ1n) is 31.8. The molecule has 0 saturated carbocycles. The molecule has 6 heteroatoms. The summed E-state index contributed by atoms with van der Waals surface area (Å²) in [5.74, 6) is -0.0816. The fraction of sp³-hybridized carbons (Fsp3) is 0.877. The minimum absolute atomic E-state index is 0.00770. The molecule has 0 saturated heterocycles. The number of hydrogen-bond donors (Lipinski definition) is 3. The molecule has 0 spiro atoms. The maximum Gasteiger partial charge on any atom is 0.305 e. The zero-order valence-electron chi connectivity index (χ0n) is 47.7. The zero-order valence-corrected chi connectivity index (χ0v) is 47.7. The highest BCUT2D eigenvalue weighted by Gasteiger charge is 2.18. The van der Waals surface area contributed by atoms with Crippen molar-refractivity contribution < 1.29 is 24.5 Å². The standard InChI is InChI=1S/C65H123NO5/c1-3-5-7-9-11-13-15-17-19-21-22-23-24-25-27-29-33-37-41-45-49-53-57-63(68)62(61-67)66-64(69)58-54-50-46-42-38-34-30-28-32-36-40-44-48-52-56-60-71-65(70)59-55-51-47-43-39-35-31-26-20-18-16-14-12-10-8-6-4-2/h12,14,18,20,53,57,62-63,67-68H,3-11,13,15-17,19,21-52,54-56,58-61H2,1-2H3,(H,66,69)/b14-12-,20-18-,57-53+. The Morgan fingerprint density at radius 1 is 0.394 bits per heavy atom. The molecular weight excluding hydrogens is 875 g/mol. The number of unbranched alkanes of at least 4 members (excludes halogenated alkanes) is 44. The Hall–Kier alpha value is -1.92. The lowest BCUT2D eigenvalue weighted by Gasteiger charge is -2.20. The first-order valence-corrected chi connectivity index (χ1v) is 31.8. The number of nitrogens with one attached hydrogen (secondary N) is 1. The molecule has 0 bridgehead atoms. The topological polar surface area (TPSA) is 95.9 Å². The van der Waals surface area contributed by atoms with E-state index in [0.717, 1.165) is 64.2 Å². The molecule has 0 aliphatic rings. The van der Waals surface area contributed by atoms with Crippen molar-refractivity contribution in [1.29, 1.82) is 0 Å². The molecule has 3 N–H and O–H groups in total. The zero-order chi connectivity index (χ0) is 51.4. The Morgan fingerprint density at radius 2 is 0.704 bits per heavy atom. The number of rotatable bonds is 59. The highest BCUT2D eigenvalue weighted by Crippen LogP contribution is 2.18. The molecule has 1 amide bonds. The van der Waals surface area contributed by atoms with E-state index in [0.29, 0.717) is 19.4 Å². The number of aliphatic hydroxyl groups excluding tert-OH is 2. The molecule has 0 fully saturated rings. The second-order valence-corrected chi connectivity index (χ2v) is 21.7. The van der Waals surface area contributed by atoms with Crippen LogP contribution in [0.25, 0.3) is 0 Å². The van der Waals surface area contributed by atoms with E-state index in [9.17, 15) is 19.8 Å². The Bertz CT molecular complexity index is 1150. The molecule has 418 valence electrons. The van der Waals surface area contributed by atoms with Gasteiger partial charge in [-0.15, -0.1) is 0 Å². The Balaban J connectivity index is 3.46. The summed E-state index contributed by atoms with van der Waals surface area (Å²) in [5.41, 5.74) is 0. The van der Waals surface area contributed by atoms with Crippen LogP contribution in [0.1, 0.15) is 341 Å². The molecule has 0 aliphatic carbocycles. The highest BCUT2D eigenvalue weighted by molar-refractivity contribution is 5.76. The van der Waals surface area contributed by atoms with E-state index >= 15 is 0 Å². The van der Waals surface area contributed by atoms with Crippen molar-refractivity contribution in [3.8, 4) is 0 Å². The number of carbonyl (C=O) groups is 2. The first-order chi connectivity index (χ1) is 35.0. The van der Waals surface area contributed by atoms with Gasteiger partial charge in [-0.2, -0.15) is 0 Å². The number of hydrogen-bond acceptors (Lipinski definition) is 5. The highest BCUT2D eigenvalue weighted by atomic mass is 16.5. The summed E-state index contributed by atoms with van der Waals surface area (Å²) in [7, 11) is 0. The van der Waals surface area contributed by atoms with Gasteiger partial charge in [-0.25, -0.2) is 0 Å². The van der Waals surface area contributed by atoms with Gasteiger partial charge in [0.05, 0.1) is 25.4 Å². The van der Waals surface area contributed by atoms with E-state index in [1.165, 1.54) is 250 Å². The molecular formula is C65H123NO5. The first kappa shape index (κ1) is 69.1. The molecule has 0 aromatic rings. The summed E-state index contributed by atoms with van der Waals surface area (Å²) in [4.78, 5) is 24.6. The predicted octanol–water partition coefficient (Wildman–Crippen LogP) is 20.0. The van der Waals surface area contributed by atoms with Crippen molar-refractivity contribution >= 4 is 11.9 Å². The number of amides is 1. The van der Waals surface area contributed by atoms with Gasteiger partial charge in [-0.05, 0) is 64.2 Å². The van der Waals surface area contributed by atoms with Crippen molar-refractivity contribution in [3.63, 3.8) is 0 Å².